The van der Waals surface area contributed by atoms with Crippen molar-refractivity contribution in [2.24, 2.45) is 0 Å². The average molecular weight is 280 g/mol. The van der Waals surface area contributed by atoms with E-state index in [0.717, 1.165) is 17.7 Å². The first-order valence-corrected chi connectivity index (χ1v) is 7.08. The lowest BCUT2D eigenvalue weighted by molar-refractivity contribution is 0.00578. The van der Waals surface area contributed by atoms with Crippen molar-refractivity contribution in [2.75, 3.05) is 7.11 Å². The smallest absolute Gasteiger partial charge is 0.399 e. The Balaban J connectivity index is 2.20. The molecule has 0 aromatic carbocycles. The number of methoxy groups -OCH3 is 1. The first-order chi connectivity index (χ1) is 9.18. The average Bonchev–Trinajstić information content (AvgIpc) is 2.78. The molecule has 1 unspecified atom stereocenters. The second-order valence-corrected chi connectivity index (χ2v) is 6.50. The number of ether oxygens (including phenoxy) is 1. The fraction of sp³-hybridized carbons (Fsp3) is 0.786. The maximum atomic E-state index is 6.07. The van der Waals surface area contributed by atoms with Crippen molar-refractivity contribution in [1.82, 2.24) is 9.78 Å². The van der Waals surface area contributed by atoms with Gasteiger partial charge in [-0.05, 0) is 41.5 Å². The lowest BCUT2D eigenvalue weighted by Gasteiger charge is -2.32. The molecule has 0 radical (unpaired) electrons. The topological polar surface area (TPSA) is 45.5 Å². The maximum Gasteiger partial charge on any atom is 0.498 e. The third kappa shape index (κ3) is 2.64. The summed E-state index contributed by atoms with van der Waals surface area (Å²) in [6.45, 7) is 13.0. The Morgan fingerprint density at radius 3 is 2.35 bits per heavy atom. The Morgan fingerprint density at radius 1 is 1.30 bits per heavy atom. The molecule has 0 N–H and O–H groups in total. The SMILES string of the molecule is COC(C)Cn1ncc(B2OC(C)(C)C(C)(C)O2)c1C. The third-order valence-corrected chi connectivity index (χ3v) is 4.48. The molecule has 0 bridgehead atoms. The summed E-state index contributed by atoms with van der Waals surface area (Å²) in [5.74, 6) is 0. The maximum absolute atomic E-state index is 6.07. The molecule has 1 atom stereocenters. The van der Waals surface area contributed by atoms with E-state index in [9.17, 15) is 0 Å². The molecular formula is C14H25BN2O3. The Morgan fingerprint density at radius 2 is 1.85 bits per heavy atom. The Kier molecular flexibility index (Phi) is 4.02. The van der Waals surface area contributed by atoms with E-state index < -0.39 is 0 Å². The number of aromatic nitrogens is 2. The lowest BCUT2D eigenvalue weighted by atomic mass is 9.79. The van der Waals surface area contributed by atoms with Gasteiger partial charge >= 0.3 is 7.12 Å². The monoisotopic (exact) mass is 280 g/mol. The van der Waals surface area contributed by atoms with Gasteiger partial charge in [0, 0.05) is 24.5 Å². The zero-order valence-corrected chi connectivity index (χ0v) is 13.6. The molecule has 1 saturated heterocycles. The highest BCUT2D eigenvalue weighted by Gasteiger charge is 2.52. The van der Waals surface area contributed by atoms with Crippen LogP contribution < -0.4 is 5.46 Å². The summed E-state index contributed by atoms with van der Waals surface area (Å²) in [4.78, 5) is 0. The zero-order valence-electron chi connectivity index (χ0n) is 13.6. The van der Waals surface area contributed by atoms with Gasteiger partial charge in [-0.3, -0.25) is 4.68 Å². The van der Waals surface area contributed by atoms with Crippen LogP contribution in [0.3, 0.4) is 0 Å². The summed E-state index contributed by atoms with van der Waals surface area (Å²) < 4.78 is 19.4. The number of hydrogen-bond donors (Lipinski definition) is 0. The normalized spacial score (nSPS) is 22.2. The van der Waals surface area contributed by atoms with Gasteiger partial charge in [0.1, 0.15) is 0 Å². The van der Waals surface area contributed by atoms with Gasteiger partial charge in [-0.2, -0.15) is 5.10 Å². The highest BCUT2D eigenvalue weighted by atomic mass is 16.7. The van der Waals surface area contributed by atoms with Gasteiger partial charge < -0.3 is 14.0 Å². The molecule has 0 aliphatic carbocycles. The number of rotatable bonds is 4. The van der Waals surface area contributed by atoms with Gasteiger partial charge in [0.2, 0.25) is 0 Å². The van der Waals surface area contributed by atoms with Gasteiger partial charge in [-0.1, -0.05) is 0 Å². The zero-order chi connectivity index (χ0) is 15.1. The van der Waals surface area contributed by atoms with Crippen LogP contribution >= 0.6 is 0 Å². The van der Waals surface area contributed by atoms with E-state index in [-0.39, 0.29) is 24.4 Å². The van der Waals surface area contributed by atoms with Crippen LogP contribution in [0.15, 0.2) is 6.20 Å². The highest BCUT2D eigenvalue weighted by molar-refractivity contribution is 6.62. The minimum Gasteiger partial charge on any atom is -0.399 e. The van der Waals surface area contributed by atoms with Crippen molar-refractivity contribution in [2.45, 2.75) is 65.4 Å². The second kappa shape index (κ2) is 5.17. The van der Waals surface area contributed by atoms with E-state index in [2.05, 4.69) is 32.8 Å². The van der Waals surface area contributed by atoms with E-state index in [1.165, 1.54) is 0 Å². The van der Waals surface area contributed by atoms with E-state index in [4.69, 9.17) is 14.0 Å². The Bertz CT molecular complexity index is 469. The summed E-state index contributed by atoms with van der Waals surface area (Å²) in [5.41, 5.74) is 1.40. The fourth-order valence-electron chi connectivity index (χ4n) is 2.16. The molecule has 0 amide bonds. The summed E-state index contributed by atoms with van der Waals surface area (Å²) >= 11 is 0. The fourth-order valence-corrected chi connectivity index (χ4v) is 2.16. The van der Waals surface area contributed by atoms with E-state index >= 15 is 0 Å². The molecule has 2 rings (SSSR count). The van der Waals surface area contributed by atoms with Gasteiger partial charge in [-0.15, -0.1) is 0 Å². The van der Waals surface area contributed by atoms with Crippen LogP contribution in [0.1, 0.15) is 40.3 Å². The quantitative estimate of drug-likeness (QED) is 0.785. The van der Waals surface area contributed by atoms with Crippen molar-refractivity contribution in [1.29, 1.82) is 0 Å². The van der Waals surface area contributed by atoms with Crippen molar-refractivity contribution < 1.29 is 14.0 Å². The summed E-state index contributed by atoms with van der Waals surface area (Å²) in [6.07, 6.45) is 1.96. The van der Waals surface area contributed by atoms with E-state index in [1.807, 2.05) is 24.7 Å². The van der Waals surface area contributed by atoms with Crippen molar-refractivity contribution >= 4 is 12.6 Å². The molecule has 0 saturated carbocycles. The number of nitrogens with zero attached hydrogens (tertiary/aromatic N) is 2. The van der Waals surface area contributed by atoms with Crippen LogP contribution in [0.2, 0.25) is 0 Å². The first-order valence-electron chi connectivity index (χ1n) is 7.08. The molecule has 2 heterocycles. The van der Waals surface area contributed by atoms with Gasteiger partial charge in [0.15, 0.2) is 0 Å². The molecule has 0 spiro atoms. The van der Waals surface area contributed by atoms with Crippen molar-refractivity contribution in [3.8, 4) is 0 Å². The van der Waals surface area contributed by atoms with Crippen LogP contribution in [0, 0.1) is 6.92 Å². The first kappa shape index (κ1) is 15.5. The van der Waals surface area contributed by atoms with Crippen molar-refractivity contribution in [3.63, 3.8) is 0 Å². The van der Waals surface area contributed by atoms with Crippen LogP contribution in [-0.2, 0) is 20.6 Å². The Labute approximate surface area is 121 Å². The molecule has 5 nitrogen and oxygen atoms in total. The van der Waals surface area contributed by atoms with E-state index in [0.29, 0.717) is 0 Å². The summed E-state index contributed by atoms with van der Waals surface area (Å²) in [5, 5.41) is 4.42. The molecule has 112 valence electrons. The molecule has 1 aromatic rings. The third-order valence-electron chi connectivity index (χ3n) is 4.48. The molecule has 20 heavy (non-hydrogen) atoms. The Hall–Kier alpha value is -0.845. The molecule has 1 aromatic heterocycles. The van der Waals surface area contributed by atoms with Gasteiger partial charge in [0.25, 0.3) is 0 Å². The minimum absolute atomic E-state index is 0.125. The summed E-state index contributed by atoms with van der Waals surface area (Å²) in [7, 11) is 1.35. The van der Waals surface area contributed by atoms with Crippen LogP contribution in [0.4, 0.5) is 0 Å². The highest BCUT2D eigenvalue weighted by Crippen LogP contribution is 2.36. The van der Waals surface area contributed by atoms with Crippen LogP contribution in [-0.4, -0.2) is 41.3 Å². The predicted octanol–water partition coefficient (Wildman–Crippen LogP) is 1.53. The minimum atomic E-state index is -0.355. The second-order valence-electron chi connectivity index (χ2n) is 6.50. The van der Waals surface area contributed by atoms with Crippen molar-refractivity contribution in [3.05, 3.63) is 11.9 Å². The predicted molar refractivity (Wildman–Crippen MR) is 79.2 cm³/mol. The standard InChI is InChI=1S/C14H25BN2O3/c1-10(18-7)9-17-11(2)12(8-16-17)15-19-13(3,4)14(5,6)20-15/h8,10H,9H2,1-7H3. The van der Waals surface area contributed by atoms with E-state index in [1.54, 1.807) is 7.11 Å². The van der Waals surface area contributed by atoms with Gasteiger partial charge in [0.05, 0.1) is 23.9 Å². The molecule has 6 heteroatoms. The summed E-state index contributed by atoms with van der Waals surface area (Å²) in [6, 6.07) is 0. The largest absolute Gasteiger partial charge is 0.498 e. The molecule has 1 fully saturated rings. The van der Waals surface area contributed by atoms with Crippen LogP contribution in [0.5, 0.6) is 0 Å². The number of hydrogen-bond acceptors (Lipinski definition) is 4. The lowest BCUT2D eigenvalue weighted by Crippen LogP contribution is -2.41. The molecular weight excluding hydrogens is 255 g/mol. The van der Waals surface area contributed by atoms with Crippen LogP contribution in [0.25, 0.3) is 0 Å². The molecule has 1 aliphatic heterocycles. The molecule has 1 aliphatic rings. The van der Waals surface area contributed by atoms with Gasteiger partial charge in [-0.25, -0.2) is 0 Å².